The van der Waals surface area contributed by atoms with Gasteiger partial charge in [-0.2, -0.15) is 13.2 Å². The van der Waals surface area contributed by atoms with E-state index in [1.807, 2.05) is 12.3 Å². The molecule has 1 fully saturated rings. The van der Waals surface area contributed by atoms with Crippen molar-refractivity contribution in [3.05, 3.63) is 34.8 Å². The number of hydrogen-bond acceptors (Lipinski definition) is 6. The molecule has 2 heterocycles. The quantitative estimate of drug-likeness (QED) is 0.546. The van der Waals surface area contributed by atoms with E-state index >= 15 is 0 Å². The van der Waals surface area contributed by atoms with Gasteiger partial charge in [0.25, 0.3) is 0 Å². The molecule has 0 radical (unpaired) electrons. The monoisotopic (exact) mass is 414 g/mol. The van der Waals surface area contributed by atoms with Gasteiger partial charge in [-0.15, -0.1) is 11.3 Å². The van der Waals surface area contributed by atoms with E-state index < -0.39 is 11.7 Å². The minimum absolute atomic E-state index is 0.116. The molecule has 5 nitrogen and oxygen atoms in total. The number of hydrogen-bond donors (Lipinski definition) is 3. The second-order valence-corrected chi connectivity index (χ2v) is 7.54. The number of nitrogens with one attached hydrogen (secondary N) is 3. The van der Waals surface area contributed by atoms with Gasteiger partial charge in [-0.25, -0.2) is 4.98 Å². The molecule has 154 valence electrons. The summed E-state index contributed by atoms with van der Waals surface area (Å²) in [4.78, 5) is 4.51. The minimum atomic E-state index is -4.48. The lowest BCUT2D eigenvalue weighted by Crippen LogP contribution is -2.42. The van der Waals surface area contributed by atoms with E-state index in [4.69, 9.17) is 4.74 Å². The number of piperazine rings is 1. The van der Waals surface area contributed by atoms with Crippen molar-refractivity contribution in [1.82, 2.24) is 15.6 Å². The van der Waals surface area contributed by atoms with E-state index in [0.29, 0.717) is 10.8 Å². The van der Waals surface area contributed by atoms with E-state index in [1.165, 1.54) is 17.4 Å². The maximum atomic E-state index is 13.5. The fourth-order valence-electron chi connectivity index (χ4n) is 2.98. The van der Waals surface area contributed by atoms with Crippen LogP contribution in [0.5, 0.6) is 5.75 Å². The zero-order valence-electron chi connectivity index (χ0n) is 15.7. The molecule has 9 heteroatoms. The Hall–Kier alpha value is -1.84. The predicted molar refractivity (Wildman–Crippen MR) is 105 cm³/mol. The fraction of sp³-hybridized carbons (Fsp3) is 0.526. The van der Waals surface area contributed by atoms with Crippen LogP contribution in [-0.2, 0) is 6.18 Å². The average molecular weight is 414 g/mol. The van der Waals surface area contributed by atoms with Gasteiger partial charge >= 0.3 is 6.18 Å². The molecular weight excluding hydrogens is 389 g/mol. The number of benzene rings is 1. The summed E-state index contributed by atoms with van der Waals surface area (Å²) in [5, 5.41) is 12.1. The first-order valence-electron chi connectivity index (χ1n) is 9.48. The van der Waals surface area contributed by atoms with Crippen LogP contribution in [0.25, 0.3) is 0 Å². The number of rotatable bonds is 8. The first-order valence-corrected chi connectivity index (χ1v) is 10.4. The Morgan fingerprint density at radius 2 is 2.14 bits per heavy atom. The summed E-state index contributed by atoms with van der Waals surface area (Å²) in [6, 6.07) is 4.16. The van der Waals surface area contributed by atoms with Crippen molar-refractivity contribution in [2.75, 3.05) is 31.6 Å². The number of anilines is 2. The highest BCUT2D eigenvalue weighted by molar-refractivity contribution is 7.13. The van der Waals surface area contributed by atoms with Crippen molar-refractivity contribution in [1.29, 1.82) is 0 Å². The van der Waals surface area contributed by atoms with E-state index in [9.17, 15) is 13.2 Å². The molecule has 0 spiro atoms. The maximum absolute atomic E-state index is 13.5. The summed E-state index contributed by atoms with van der Waals surface area (Å²) in [6.07, 6.45) is -1.83. The molecule has 1 aromatic carbocycles. The standard InChI is InChI=1S/C19H25F3N4OS/c1-2-3-4-9-27-17-6-5-13(10-14(17)19(20,21)22)25-18-26-16(12-28-18)15-11-23-7-8-24-15/h5-6,10,12,15,23-24H,2-4,7-9,11H2,1H3,(H,25,26). The lowest BCUT2D eigenvalue weighted by Gasteiger charge is -2.22. The predicted octanol–water partition coefficient (Wildman–Crippen LogP) is 4.71. The molecular formula is C19H25F3N4OS. The van der Waals surface area contributed by atoms with Crippen LogP contribution in [0.1, 0.15) is 43.5 Å². The molecule has 1 aliphatic heterocycles. The molecule has 1 atom stereocenters. The molecule has 3 rings (SSSR count). The molecule has 0 amide bonds. The number of unbranched alkanes of at least 4 members (excludes halogenated alkanes) is 2. The van der Waals surface area contributed by atoms with Gasteiger partial charge in [0.05, 0.1) is 23.9 Å². The Labute approximate surface area is 166 Å². The Balaban J connectivity index is 1.70. The van der Waals surface area contributed by atoms with E-state index in [-0.39, 0.29) is 18.4 Å². The first-order chi connectivity index (χ1) is 13.5. The van der Waals surface area contributed by atoms with Gasteiger partial charge in [-0.05, 0) is 24.6 Å². The molecule has 1 aliphatic rings. The average Bonchev–Trinajstić information content (AvgIpc) is 3.14. The number of ether oxygens (including phenoxy) is 1. The molecule has 1 unspecified atom stereocenters. The topological polar surface area (TPSA) is 58.2 Å². The summed E-state index contributed by atoms with van der Waals surface area (Å²) in [5.74, 6) is -0.133. The van der Waals surface area contributed by atoms with Crippen LogP contribution < -0.4 is 20.7 Å². The maximum Gasteiger partial charge on any atom is 0.420 e. The lowest BCUT2D eigenvalue weighted by atomic mass is 10.1. The largest absolute Gasteiger partial charge is 0.493 e. The van der Waals surface area contributed by atoms with Crippen molar-refractivity contribution < 1.29 is 17.9 Å². The number of halogens is 3. The van der Waals surface area contributed by atoms with Crippen molar-refractivity contribution >= 4 is 22.2 Å². The van der Waals surface area contributed by atoms with Crippen molar-refractivity contribution in [2.24, 2.45) is 0 Å². The number of nitrogens with zero attached hydrogens (tertiary/aromatic N) is 1. The van der Waals surface area contributed by atoms with E-state index in [1.54, 1.807) is 6.07 Å². The van der Waals surface area contributed by atoms with Crippen molar-refractivity contribution in [3.63, 3.8) is 0 Å². The van der Waals surface area contributed by atoms with Crippen LogP contribution in [0.2, 0.25) is 0 Å². The van der Waals surface area contributed by atoms with Crippen molar-refractivity contribution in [3.8, 4) is 5.75 Å². The lowest BCUT2D eigenvalue weighted by molar-refractivity contribution is -0.138. The second-order valence-electron chi connectivity index (χ2n) is 6.68. The summed E-state index contributed by atoms with van der Waals surface area (Å²) >= 11 is 1.37. The van der Waals surface area contributed by atoms with Crippen molar-refractivity contribution in [2.45, 2.75) is 38.4 Å². The number of thiazole rings is 1. The Bertz CT molecular complexity index is 760. The van der Waals surface area contributed by atoms with Crippen LogP contribution in [0.4, 0.5) is 24.0 Å². The SMILES string of the molecule is CCCCCOc1ccc(Nc2nc(C3CNCCN3)cs2)cc1C(F)(F)F. The smallest absolute Gasteiger partial charge is 0.420 e. The second kappa shape index (κ2) is 9.58. The van der Waals surface area contributed by atoms with Crippen LogP contribution in [0, 0.1) is 0 Å². The Morgan fingerprint density at radius 1 is 1.29 bits per heavy atom. The molecule has 28 heavy (non-hydrogen) atoms. The molecule has 1 aromatic heterocycles. The van der Waals surface area contributed by atoms with Gasteiger partial charge in [0.1, 0.15) is 5.75 Å². The third-order valence-electron chi connectivity index (χ3n) is 4.46. The molecule has 2 aromatic rings. The fourth-order valence-corrected chi connectivity index (χ4v) is 3.76. The normalized spacial score (nSPS) is 17.5. The van der Waals surface area contributed by atoms with E-state index in [0.717, 1.165) is 50.7 Å². The zero-order chi connectivity index (χ0) is 20.0. The molecule has 1 saturated heterocycles. The Morgan fingerprint density at radius 3 is 2.86 bits per heavy atom. The highest BCUT2D eigenvalue weighted by atomic mass is 32.1. The summed E-state index contributed by atoms with van der Waals surface area (Å²) < 4.78 is 45.7. The van der Waals surface area contributed by atoms with E-state index in [2.05, 4.69) is 20.9 Å². The van der Waals surface area contributed by atoms with Crippen LogP contribution in [0.15, 0.2) is 23.6 Å². The van der Waals surface area contributed by atoms with Crippen LogP contribution >= 0.6 is 11.3 Å². The highest BCUT2D eigenvalue weighted by Gasteiger charge is 2.34. The van der Waals surface area contributed by atoms with Gasteiger partial charge in [0.15, 0.2) is 5.13 Å². The number of alkyl halides is 3. The van der Waals surface area contributed by atoms with Gasteiger partial charge < -0.3 is 20.7 Å². The molecule has 3 N–H and O–H groups in total. The summed E-state index contributed by atoms with van der Waals surface area (Å²) in [6.45, 7) is 4.87. The van der Waals surface area contributed by atoms with Gasteiger partial charge in [0, 0.05) is 30.7 Å². The summed E-state index contributed by atoms with van der Waals surface area (Å²) in [5.41, 5.74) is 0.444. The Kier molecular flexibility index (Phi) is 7.14. The first kappa shape index (κ1) is 20.9. The molecule has 0 bridgehead atoms. The molecule has 0 aliphatic carbocycles. The molecule has 0 saturated carbocycles. The zero-order valence-corrected chi connectivity index (χ0v) is 16.6. The minimum Gasteiger partial charge on any atom is -0.493 e. The number of aromatic nitrogens is 1. The van der Waals surface area contributed by atoms with Gasteiger partial charge in [-0.1, -0.05) is 19.8 Å². The highest BCUT2D eigenvalue weighted by Crippen LogP contribution is 2.38. The van der Waals surface area contributed by atoms with Crippen LogP contribution in [0.3, 0.4) is 0 Å². The summed E-state index contributed by atoms with van der Waals surface area (Å²) in [7, 11) is 0. The third kappa shape index (κ3) is 5.59. The van der Waals surface area contributed by atoms with Gasteiger partial charge in [-0.3, -0.25) is 0 Å². The third-order valence-corrected chi connectivity index (χ3v) is 5.24. The van der Waals surface area contributed by atoms with Crippen LogP contribution in [-0.4, -0.2) is 31.2 Å². The van der Waals surface area contributed by atoms with Gasteiger partial charge in [0.2, 0.25) is 0 Å².